The van der Waals surface area contributed by atoms with E-state index in [9.17, 15) is 5.11 Å². The summed E-state index contributed by atoms with van der Waals surface area (Å²) in [5.74, 6) is 2.09. The van der Waals surface area contributed by atoms with Gasteiger partial charge in [0.25, 0.3) is 0 Å². The predicted molar refractivity (Wildman–Crippen MR) is 104 cm³/mol. The Labute approximate surface area is 155 Å². The normalized spacial score (nSPS) is 23.9. The van der Waals surface area contributed by atoms with Gasteiger partial charge in [-0.15, -0.1) is 11.3 Å². The van der Waals surface area contributed by atoms with Crippen molar-refractivity contribution in [3.05, 3.63) is 33.9 Å². The highest BCUT2D eigenvalue weighted by Gasteiger charge is 2.26. The molecule has 0 saturated heterocycles. The summed E-state index contributed by atoms with van der Waals surface area (Å²) in [5.41, 5.74) is 2.05. The van der Waals surface area contributed by atoms with Gasteiger partial charge < -0.3 is 10.4 Å². The predicted octanol–water partition coefficient (Wildman–Crippen LogP) is 4.01. The van der Waals surface area contributed by atoms with Crippen LogP contribution in [-0.4, -0.2) is 31.6 Å². The smallest absolute Gasteiger partial charge is 0.148 e. The zero-order valence-corrected chi connectivity index (χ0v) is 16.0. The number of aromatic nitrogens is 3. The quantitative estimate of drug-likeness (QED) is 0.722. The Kier molecular flexibility index (Phi) is 4.71. The van der Waals surface area contributed by atoms with Crippen molar-refractivity contribution in [1.29, 1.82) is 0 Å². The molecule has 0 aliphatic heterocycles. The summed E-state index contributed by atoms with van der Waals surface area (Å²) in [6, 6.07) is 4.52. The molecule has 1 fully saturated rings. The Balaban J connectivity index is 1.60. The lowest BCUT2D eigenvalue weighted by atomic mass is 9.84. The second kappa shape index (κ2) is 6.97. The Morgan fingerprint density at radius 2 is 2.20 bits per heavy atom. The van der Waals surface area contributed by atoms with E-state index in [1.54, 1.807) is 11.3 Å². The summed E-state index contributed by atoms with van der Waals surface area (Å²) < 4.78 is 5.46. The number of aryl methyl sites for hydroxylation is 1. The van der Waals surface area contributed by atoms with Crippen LogP contribution in [0.15, 0.2) is 17.5 Å². The van der Waals surface area contributed by atoms with Crippen LogP contribution in [0.25, 0.3) is 10.2 Å². The molecule has 2 N–H and O–H groups in total. The monoisotopic (exact) mass is 374 g/mol. The number of nitrogens with one attached hydrogen (secondary N) is 1. The molecule has 0 bridgehead atoms. The number of hydrogen-bond acceptors (Lipinski definition) is 7. The van der Waals surface area contributed by atoms with Crippen molar-refractivity contribution < 1.29 is 5.11 Å². The molecule has 0 aromatic carbocycles. The lowest BCUT2D eigenvalue weighted by Crippen LogP contribution is -2.34. The molecule has 5 nitrogen and oxygen atoms in total. The fourth-order valence-electron chi connectivity index (χ4n) is 3.45. The minimum Gasteiger partial charge on any atom is -0.393 e. The van der Waals surface area contributed by atoms with Gasteiger partial charge in [0.2, 0.25) is 0 Å². The van der Waals surface area contributed by atoms with Crippen molar-refractivity contribution in [3.8, 4) is 0 Å². The molecule has 1 saturated carbocycles. The van der Waals surface area contributed by atoms with Crippen LogP contribution in [0.2, 0.25) is 0 Å². The van der Waals surface area contributed by atoms with Gasteiger partial charge in [-0.3, -0.25) is 0 Å². The molecule has 1 aliphatic carbocycles. The van der Waals surface area contributed by atoms with Crippen LogP contribution in [0.3, 0.4) is 0 Å². The molecule has 0 radical (unpaired) electrons. The minimum atomic E-state index is -0.171. The van der Waals surface area contributed by atoms with E-state index in [1.165, 1.54) is 16.4 Å². The maximum Gasteiger partial charge on any atom is 0.148 e. The van der Waals surface area contributed by atoms with Crippen molar-refractivity contribution in [1.82, 2.24) is 14.3 Å². The molecule has 25 heavy (non-hydrogen) atoms. The van der Waals surface area contributed by atoms with Crippen LogP contribution in [0.4, 0.5) is 5.82 Å². The van der Waals surface area contributed by atoms with E-state index in [0.717, 1.165) is 46.8 Å². The lowest BCUT2D eigenvalue weighted by molar-refractivity contribution is 0.0748. The summed E-state index contributed by atoms with van der Waals surface area (Å²) >= 11 is 3.19. The highest BCUT2D eigenvalue weighted by atomic mass is 32.1. The zero-order chi connectivity index (χ0) is 17.4. The highest BCUT2D eigenvalue weighted by Crippen LogP contribution is 2.31. The van der Waals surface area contributed by atoms with E-state index in [1.807, 2.05) is 6.92 Å². The zero-order valence-electron chi connectivity index (χ0n) is 14.4. The van der Waals surface area contributed by atoms with Crippen LogP contribution < -0.4 is 5.32 Å². The minimum absolute atomic E-state index is 0.171. The highest BCUT2D eigenvalue weighted by molar-refractivity contribution is 7.17. The van der Waals surface area contributed by atoms with Gasteiger partial charge in [0.05, 0.1) is 22.0 Å². The Hall–Kier alpha value is -1.57. The number of rotatable bonds is 4. The molecule has 4 rings (SSSR count). The number of hydrogen-bond donors (Lipinski definition) is 2. The maximum absolute atomic E-state index is 9.95. The van der Waals surface area contributed by atoms with Crippen LogP contribution in [0.1, 0.15) is 42.6 Å². The molecule has 0 spiro atoms. The van der Waals surface area contributed by atoms with Gasteiger partial charge in [-0.25, -0.2) is 9.97 Å². The average Bonchev–Trinajstić information content (AvgIpc) is 3.20. The number of aliphatic hydroxyl groups is 1. The first-order chi connectivity index (χ1) is 12.1. The van der Waals surface area contributed by atoms with E-state index in [2.05, 4.69) is 34.1 Å². The third-order valence-electron chi connectivity index (χ3n) is 4.82. The van der Waals surface area contributed by atoms with Crippen LogP contribution >= 0.6 is 22.9 Å². The first-order valence-corrected chi connectivity index (χ1v) is 10.3. The molecule has 0 amide bonds. The molecule has 3 heterocycles. The van der Waals surface area contributed by atoms with Crippen molar-refractivity contribution in [2.45, 2.75) is 51.7 Å². The van der Waals surface area contributed by atoms with Gasteiger partial charge >= 0.3 is 0 Å². The summed E-state index contributed by atoms with van der Waals surface area (Å²) in [4.78, 5) is 10.7. The standard InChI is InChI=1S/C18H22N4OS2/c1-10-7-12(3-4-15(10)23)19-18-17-14(5-6-24-17)20-16(21-18)9-13-8-11(2)22-25-13/h5-6,8,10,12,15,23H,3-4,7,9H2,1-2H3,(H,19,20,21). The topological polar surface area (TPSA) is 70.9 Å². The number of aliphatic hydroxyl groups excluding tert-OH is 1. The molecule has 132 valence electrons. The van der Waals surface area contributed by atoms with Crippen LogP contribution in [0, 0.1) is 12.8 Å². The number of anilines is 1. The fourth-order valence-corrected chi connectivity index (χ4v) is 4.96. The molecule has 1 aliphatic rings. The Bertz CT molecular complexity index is 875. The first-order valence-electron chi connectivity index (χ1n) is 8.69. The van der Waals surface area contributed by atoms with Crippen molar-refractivity contribution in [3.63, 3.8) is 0 Å². The van der Waals surface area contributed by atoms with Crippen LogP contribution in [-0.2, 0) is 6.42 Å². The largest absolute Gasteiger partial charge is 0.393 e. The maximum atomic E-state index is 9.95. The lowest BCUT2D eigenvalue weighted by Gasteiger charge is -2.32. The molecule has 7 heteroatoms. The molecular formula is C18H22N4OS2. The number of nitrogens with zero attached hydrogens (tertiary/aromatic N) is 3. The second-order valence-electron chi connectivity index (χ2n) is 6.93. The van der Waals surface area contributed by atoms with Crippen molar-refractivity contribution in [2.75, 3.05) is 5.32 Å². The van der Waals surface area contributed by atoms with Crippen molar-refractivity contribution >= 4 is 38.9 Å². The van der Waals surface area contributed by atoms with Gasteiger partial charge in [0.1, 0.15) is 11.6 Å². The van der Waals surface area contributed by atoms with E-state index in [0.29, 0.717) is 18.4 Å². The summed E-state index contributed by atoms with van der Waals surface area (Å²) in [7, 11) is 0. The third-order valence-corrected chi connectivity index (χ3v) is 6.61. The van der Waals surface area contributed by atoms with Crippen LogP contribution in [0.5, 0.6) is 0 Å². The molecule has 3 aromatic heterocycles. The summed E-state index contributed by atoms with van der Waals surface area (Å²) in [5, 5.41) is 15.7. The molecule has 3 unspecified atom stereocenters. The summed E-state index contributed by atoms with van der Waals surface area (Å²) in [6.07, 6.45) is 3.35. The van der Waals surface area contributed by atoms with E-state index in [4.69, 9.17) is 9.97 Å². The van der Waals surface area contributed by atoms with Gasteiger partial charge in [0.15, 0.2) is 0 Å². The Morgan fingerprint density at radius 1 is 1.32 bits per heavy atom. The first kappa shape index (κ1) is 16.9. The van der Waals surface area contributed by atoms with Gasteiger partial charge in [0, 0.05) is 17.3 Å². The Morgan fingerprint density at radius 3 is 2.96 bits per heavy atom. The van der Waals surface area contributed by atoms with E-state index in [-0.39, 0.29) is 6.10 Å². The molecular weight excluding hydrogens is 352 g/mol. The van der Waals surface area contributed by atoms with E-state index < -0.39 is 0 Å². The van der Waals surface area contributed by atoms with Gasteiger partial charge in [-0.1, -0.05) is 6.92 Å². The summed E-state index contributed by atoms with van der Waals surface area (Å²) in [6.45, 7) is 4.13. The second-order valence-corrected chi connectivity index (χ2v) is 8.74. The van der Waals surface area contributed by atoms with Gasteiger partial charge in [-0.2, -0.15) is 4.37 Å². The molecule has 3 atom stereocenters. The fraction of sp³-hybridized carbons (Fsp3) is 0.500. The molecule has 3 aromatic rings. The number of fused-ring (bicyclic) bond motifs is 1. The van der Waals surface area contributed by atoms with Crippen molar-refractivity contribution in [2.24, 2.45) is 5.92 Å². The van der Waals surface area contributed by atoms with Gasteiger partial charge in [-0.05, 0) is 61.1 Å². The third kappa shape index (κ3) is 3.68. The SMILES string of the molecule is Cc1cc(Cc2nc(NC3CCC(O)C(C)C3)c3sccc3n2)sn1. The average molecular weight is 375 g/mol. The van der Waals surface area contributed by atoms with E-state index >= 15 is 0 Å². The number of thiophene rings is 1.